The number of rotatable bonds is 6. The van der Waals surface area contributed by atoms with Crippen molar-refractivity contribution in [2.75, 3.05) is 11.9 Å². The Morgan fingerprint density at radius 3 is 2.37 bits per heavy atom. The van der Waals surface area contributed by atoms with Gasteiger partial charge in [-0.2, -0.15) is 0 Å². The van der Waals surface area contributed by atoms with Crippen molar-refractivity contribution in [2.24, 2.45) is 17.3 Å². The third kappa shape index (κ3) is 6.08. The number of ether oxygens (including phenoxy) is 1. The van der Waals surface area contributed by atoms with Gasteiger partial charge in [0.1, 0.15) is 0 Å². The average molecular weight is 374 g/mol. The minimum Gasteiger partial charge on any atom is -0.455 e. The van der Waals surface area contributed by atoms with Gasteiger partial charge in [-0.15, -0.1) is 0 Å². The van der Waals surface area contributed by atoms with Crippen LogP contribution in [0.1, 0.15) is 78.2 Å². The molecule has 0 bridgehead atoms. The monoisotopic (exact) mass is 373 g/mol. The van der Waals surface area contributed by atoms with Gasteiger partial charge in [-0.05, 0) is 61.0 Å². The molecule has 0 spiro atoms. The Balaban J connectivity index is 1.82. The van der Waals surface area contributed by atoms with Crippen LogP contribution in [0.15, 0.2) is 24.3 Å². The molecular weight excluding hydrogens is 338 g/mol. The molecule has 150 valence electrons. The van der Waals surface area contributed by atoms with Crippen LogP contribution in [0, 0.1) is 17.3 Å². The van der Waals surface area contributed by atoms with Crippen LogP contribution in [-0.2, 0) is 14.3 Å². The summed E-state index contributed by atoms with van der Waals surface area (Å²) in [5.74, 6) is 0.447. The van der Waals surface area contributed by atoms with Crippen molar-refractivity contribution in [3.63, 3.8) is 0 Å². The van der Waals surface area contributed by atoms with Gasteiger partial charge in [0.2, 0.25) is 0 Å². The van der Waals surface area contributed by atoms with Crippen LogP contribution in [0.2, 0.25) is 0 Å². The zero-order chi connectivity index (χ0) is 20.0. The molecule has 1 fully saturated rings. The van der Waals surface area contributed by atoms with Crippen molar-refractivity contribution in [1.29, 1.82) is 0 Å². The highest BCUT2D eigenvalue weighted by Crippen LogP contribution is 2.40. The van der Waals surface area contributed by atoms with E-state index in [2.05, 4.69) is 39.9 Å². The molecule has 1 aromatic carbocycles. The van der Waals surface area contributed by atoms with Gasteiger partial charge in [0.05, 0.1) is 5.92 Å². The highest BCUT2D eigenvalue weighted by atomic mass is 16.5. The van der Waals surface area contributed by atoms with E-state index in [0.717, 1.165) is 43.4 Å². The zero-order valence-electron chi connectivity index (χ0n) is 17.5. The SMILES string of the molecule is CCC(C)c1ccccc1NC(=O)COC(=O)C1CCC(C(C)(C)C)CC1. The first-order valence-electron chi connectivity index (χ1n) is 10.3. The fraction of sp³-hybridized carbons (Fsp3) is 0.652. The lowest BCUT2D eigenvalue weighted by atomic mass is 9.70. The van der Waals surface area contributed by atoms with E-state index in [1.807, 2.05) is 24.3 Å². The van der Waals surface area contributed by atoms with Gasteiger partial charge in [0.15, 0.2) is 6.61 Å². The predicted molar refractivity (Wildman–Crippen MR) is 110 cm³/mol. The van der Waals surface area contributed by atoms with Crippen molar-refractivity contribution < 1.29 is 14.3 Å². The summed E-state index contributed by atoms with van der Waals surface area (Å²) in [6.45, 7) is 10.8. The summed E-state index contributed by atoms with van der Waals surface area (Å²) in [4.78, 5) is 24.6. The molecule has 0 aliphatic heterocycles. The first-order valence-corrected chi connectivity index (χ1v) is 10.3. The first-order chi connectivity index (χ1) is 12.7. The minimum atomic E-state index is -0.275. The summed E-state index contributed by atoms with van der Waals surface area (Å²) in [5, 5.41) is 2.89. The van der Waals surface area contributed by atoms with Gasteiger partial charge in [-0.3, -0.25) is 9.59 Å². The second-order valence-electron chi connectivity index (χ2n) is 8.97. The van der Waals surface area contributed by atoms with E-state index >= 15 is 0 Å². The Bertz CT molecular complexity index is 639. The van der Waals surface area contributed by atoms with Gasteiger partial charge >= 0.3 is 5.97 Å². The smallest absolute Gasteiger partial charge is 0.309 e. The number of hydrogen-bond donors (Lipinski definition) is 1. The number of nitrogens with one attached hydrogen (secondary N) is 1. The van der Waals surface area contributed by atoms with E-state index in [0.29, 0.717) is 11.8 Å². The zero-order valence-corrected chi connectivity index (χ0v) is 17.5. The summed E-state index contributed by atoms with van der Waals surface area (Å²) in [6, 6.07) is 7.81. The normalized spacial score (nSPS) is 21.4. The molecule has 0 heterocycles. The Kier molecular flexibility index (Phi) is 7.46. The Labute approximate surface area is 164 Å². The molecule has 4 nitrogen and oxygen atoms in total. The summed E-state index contributed by atoms with van der Waals surface area (Å²) in [6.07, 6.45) is 4.83. The van der Waals surface area contributed by atoms with Gasteiger partial charge in [-0.25, -0.2) is 0 Å². The first kappa shape index (κ1) is 21.5. The van der Waals surface area contributed by atoms with Crippen LogP contribution in [0.3, 0.4) is 0 Å². The van der Waals surface area contributed by atoms with Crippen molar-refractivity contribution in [2.45, 2.75) is 72.6 Å². The average Bonchev–Trinajstić information content (AvgIpc) is 2.65. The lowest BCUT2D eigenvalue weighted by molar-refractivity contribution is -0.153. The molecule has 0 aromatic heterocycles. The summed E-state index contributed by atoms with van der Waals surface area (Å²) in [7, 11) is 0. The second-order valence-corrected chi connectivity index (χ2v) is 8.97. The minimum absolute atomic E-state index is 0.0659. The third-order valence-corrected chi connectivity index (χ3v) is 6.01. The maximum atomic E-state index is 12.3. The van der Waals surface area contributed by atoms with Gasteiger partial charge in [0, 0.05) is 5.69 Å². The van der Waals surface area contributed by atoms with E-state index < -0.39 is 0 Å². The summed E-state index contributed by atoms with van der Waals surface area (Å²) in [5.41, 5.74) is 2.20. The molecule has 2 rings (SSSR count). The molecule has 1 saturated carbocycles. The number of benzene rings is 1. The quantitative estimate of drug-likeness (QED) is 0.667. The van der Waals surface area contributed by atoms with Crippen molar-refractivity contribution in [3.05, 3.63) is 29.8 Å². The third-order valence-electron chi connectivity index (χ3n) is 6.01. The number of carbonyl (C=O) groups is 2. The standard InChI is InChI=1S/C23H35NO3/c1-6-16(2)19-9-7-8-10-20(19)24-21(25)15-27-22(26)17-11-13-18(14-12-17)23(3,4)5/h7-10,16-18H,6,11-15H2,1-5H3,(H,24,25). The Morgan fingerprint density at radius 1 is 1.15 bits per heavy atom. The summed E-state index contributed by atoms with van der Waals surface area (Å²) >= 11 is 0. The largest absolute Gasteiger partial charge is 0.455 e. The van der Waals surface area contributed by atoms with Gasteiger partial charge in [0.25, 0.3) is 5.91 Å². The maximum Gasteiger partial charge on any atom is 0.309 e. The molecule has 27 heavy (non-hydrogen) atoms. The molecule has 1 unspecified atom stereocenters. The molecule has 1 amide bonds. The fourth-order valence-corrected chi connectivity index (χ4v) is 3.90. The Hall–Kier alpha value is -1.84. The number of hydrogen-bond acceptors (Lipinski definition) is 3. The van der Waals surface area contributed by atoms with Crippen molar-refractivity contribution in [1.82, 2.24) is 0 Å². The van der Waals surface area contributed by atoms with Crippen LogP contribution in [-0.4, -0.2) is 18.5 Å². The predicted octanol–water partition coefficient (Wildman–Crippen LogP) is 5.53. The highest BCUT2D eigenvalue weighted by Gasteiger charge is 2.33. The van der Waals surface area contributed by atoms with E-state index in [1.165, 1.54) is 0 Å². The number of esters is 1. The molecule has 4 heteroatoms. The number of amides is 1. The lowest BCUT2D eigenvalue weighted by Gasteiger charge is -2.36. The topological polar surface area (TPSA) is 55.4 Å². The highest BCUT2D eigenvalue weighted by molar-refractivity contribution is 5.93. The molecule has 1 aliphatic rings. The number of para-hydroxylation sites is 1. The van der Waals surface area contributed by atoms with Crippen molar-refractivity contribution >= 4 is 17.6 Å². The van der Waals surface area contributed by atoms with Crippen molar-refractivity contribution in [3.8, 4) is 0 Å². The maximum absolute atomic E-state index is 12.3. The molecule has 1 aliphatic carbocycles. The van der Waals surface area contributed by atoms with E-state index in [-0.39, 0.29) is 29.8 Å². The van der Waals surface area contributed by atoms with Gasteiger partial charge < -0.3 is 10.1 Å². The second kappa shape index (κ2) is 9.38. The summed E-state index contributed by atoms with van der Waals surface area (Å²) < 4.78 is 5.31. The molecule has 0 radical (unpaired) electrons. The van der Waals surface area contributed by atoms with Crippen LogP contribution >= 0.6 is 0 Å². The molecular formula is C23H35NO3. The van der Waals surface area contributed by atoms with E-state index in [4.69, 9.17) is 4.74 Å². The molecule has 1 aromatic rings. The Morgan fingerprint density at radius 2 is 1.78 bits per heavy atom. The molecule has 0 saturated heterocycles. The molecule has 1 N–H and O–H groups in total. The lowest BCUT2D eigenvalue weighted by Crippen LogP contribution is -2.31. The van der Waals surface area contributed by atoms with Crippen LogP contribution in [0.4, 0.5) is 5.69 Å². The van der Waals surface area contributed by atoms with Crippen LogP contribution < -0.4 is 5.32 Å². The van der Waals surface area contributed by atoms with Gasteiger partial charge in [-0.1, -0.05) is 52.8 Å². The van der Waals surface area contributed by atoms with Crippen LogP contribution in [0.5, 0.6) is 0 Å². The van der Waals surface area contributed by atoms with E-state index in [1.54, 1.807) is 0 Å². The fourth-order valence-electron chi connectivity index (χ4n) is 3.90. The van der Waals surface area contributed by atoms with Crippen LogP contribution in [0.25, 0.3) is 0 Å². The van der Waals surface area contributed by atoms with E-state index in [9.17, 15) is 9.59 Å². The number of carbonyl (C=O) groups excluding carboxylic acids is 2. The molecule has 1 atom stereocenters. The number of anilines is 1.